The van der Waals surface area contributed by atoms with Crippen molar-refractivity contribution in [3.63, 3.8) is 0 Å². The van der Waals surface area contributed by atoms with Gasteiger partial charge in [0.1, 0.15) is 12.2 Å². The molecule has 38 heavy (non-hydrogen) atoms. The second-order valence-corrected chi connectivity index (χ2v) is 10.5. The van der Waals surface area contributed by atoms with Crippen molar-refractivity contribution in [2.45, 2.75) is 64.6 Å². The highest BCUT2D eigenvalue weighted by molar-refractivity contribution is 5.99. The molecule has 0 heterocycles. The molecule has 10 heteroatoms. The van der Waals surface area contributed by atoms with Crippen molar-refractivity contribution in [1.82, 2.24) is 0 Å². The zero-order valence-electron chi connectivity index (χ0n) is 21.4. The molecule has 0 aliphatic heterocycles. The molecule has 4 rings (SSSR count). The van der Waals surface area contributed by atoms with Gasteiger partial charge in [0.05, 0.1) is 12.8 Å². The predicted octanol–water partition coefficient (Wildman–Crippen LogP) is 2.75. The molecular weight excluding hydrogens is 496 g/mol. The van der Waals surface area contributed by atoms with Gasteiger partial charge in [-0.05, 0) is 49.4 Å². The van der Waals surface area contributed by atoms with E-state index in [9.17, 15) is 28.8 Å². The first kappa shape index (κ1) is 27.5. The maximum Gasteiger partial charge on any atom is 0.338 e. The van der Waals surface area contributed by atoms with Crippen molar-refractivity contribution in [2.24, 2.45) is 35.5 Å². The fourth-order valence-corrected chi connectivity index (χ4v) is 6.33. The Morgan fingerprint density at radius 2 is 1.05 bits per heavy atom. The highest BCUT2D eigenvalue weighted by Gasteiger charge is 2.43. The predicted molar refractivity (Wildman–Crippen MR) is 129 cm³/mol. The number of hydrogen-bond donors (Lipinski definition) is 0. The topological polar surface area (TPSA) is 139 Å². The molecule has 8 atom stereocenters. The number of ether oxygens (including phenoxy) is 4. The first-order valence-electron chi connectivity index (χ1n) is 13.0. The van der Waals surface area contributed by atoms with Crippen LogP contribution in [0.25, 0.3) is 0 Å². The van der Waals surface area contributed by atoms with E-state index < -0.39 is 48.0 Å². The van der Waals surface area contributed by atoms with E-state index in [0.29, 0.717) is 24.0 Å². The summed E-state index contributed by atoms with van der Waals surface area (Å²) in [4.78, 5) is 71.8. The van der Waals surface area contributed by atoms with Crippen molar-refractivity contribution in [3.05, 3.63) is 36.5 Å². The first-order valence-corrected chi connectivity index (χ1v) is 13.0. The van der Waals surface area contributed by atoms with Crippen LogP contribution in [0.15, 0.2) is 36.5 Å². The summed E-state index contributed by atoms with van der Waals surface area (Å²) in [7, 11) is 0. The molecule has 0 aromatic heterocycles. The Hall–Kier alpha value is -3.56. The van der Waals surface area contributed by atoms with E-state index in [1.54, 1.807) is 0 Å². The lowest BCUT2D eigenvalue weighted by Crippen LogP contribution is -2.32. The molecule has 0 aromatic carbocycles. The van der Waals surface area contributed by atoms with Crippen molar-refractivity contribution in [2.75, 3.05) is 0 Å². The Morgan fingerprint density at radius 1 is 0.658 bits per heavy atom. The molecule has 0 aromatic rings. The lowest BCUT2D eigenvalue weighted by atomic mass is 9.87. The van der Waals surface area contributed by atoms with E-state index in [-0.39, 0.29) is 36.5 Å². The van der Waals surface area contributed by atoms with Crippen LogP contribution in [0.1, 0.15) is 52.4 Å². The maximum atomic E-state index is 12.3. The average Bonchev–Trinajstić information content (AvgIpc) is 3.63. The van der Waals surface area contributed by atoms with Crippen LogP contribution in [0, 0.1) is 35.5 Å². The third-order valence-corrected chi connectivity index (χ3v) is 7.77. The van der Waals surface area contributed by atoms with E-state index in [4.69, 9.17) is 18.9 Å². The van der Waals surface area contributed by atoms with E-state index in [1.807, 2.05) is 0 Å². The Labute approximate surface area is 220 Å². The molecule has 10 nitrogen and oxygen atoms in total. The van der Waals surface area contributed by atoms with Gasteiger partial charge in [0.25, 0.3) is 0 Å². The van der Waals surface area contributed by atoms with Crippen LogP contribution in [0.3, 0.4) is 0 Å². The molecule has 0 spiro atoms. The summed E-state index contributed by atoms with van der Waals surface area (Å²) in [6.07, 6.45) is 11.2. The molecule has 4 bridgehead atoms. The molecule has 0 N–H and O–H groups in total. The minimum absolute atomic E-state index is 0.0284. The number of esters is 6. The lowest BCUT2D eigenvalue weighted by molar-refractivity contribution is -0.165. The summed E-state index contributed by atoms with van der Waals surface area (Å²) < 4.78 is 20.1. The van der Waals surface area contributed by atoms with Crippen LogP contribution in [-0.4, -0.2) is 48.0 Å². The summed E-state index contributed by atoms with van der Waals surface area (Å²) in [5, 5.41) is 0. The molecule has 4 aliphatic rings. The summed E-state index contributed by atoms with van der Waals surface area (Å²) >= 11 is 0. The van der Waals surface area contributed by atoms with Gasteiger partial charge in [0.15, 0.2) is 0 Å². The Kier molecular flexibility index (Phi) is 8.58. The summed E-state index contributed by atoms with van der Waals surface area (Å²) in [6.45, 7) is 2.51. The summed E-state index contributed by atoms with van der Waals surface area (Å²) in [5.74, 6) is -3.95. The van der Waals surface area contributed by atoms with Crippen LogP contribution in [-0.2, 0) is 47.7 Å². The number of allylic oxidation sites excluding steroid dienone is 4. The van der Waals surface area contributed by atoms with E-state index in [1.165, 1.54) is 13.8 Å². The second-order valence-electron chi connectivity index (χ2n) is 10.5. The molecule has 0 radical (unpaired) electrons. The molecule has 0 saturated heterocycles. The molecule has 8 unspecified atom stereocenters. The van der Waals surface area contributed by atoms with Gasteiger partial charge in [-0.15, -0.1) is 0 Å². The van der Waals surface area contributed by atoms with Gasteiger partial charge in [0, 0.05) is 37.8 Å². The highest BCUT2D eigenvalue weighted by atomic mass is 16.6. The molecule has 204 valence electrons. The molecule has 4 aliphatic carbocycles. The zero-order valence-corrected chi connectivity index (χ0v) is 21.4. The normalized spacial score (nSPS) is 29.7. The van der Waals surface area contributed by atoms with Crippen molar-refractivity contribution < 1.29 is 47.7 Å². The van der Waals surface area contributed by atoms with Crippen molar-refractivity contribution in [3.8, 4) is 0 Å². The SMILES string of the molecule is CC(=O)OC(CC(=O)OC(=O)C=CC(=O)OC(=O)CC(OC(C)=O)C1CC2C=CC1C2)C1CC2C=CC1C2. The summed E-state index contributed by atoms with van der Waals surface area (Å²) in [5.41, 5.74) is 0. The average molecular weight is 529 g/mol. The number of rotatable bonds is 10. The van der Waals surface area contributed by atoms with E-state index in [2.05, 4.69) is 24.3 Å². The van der Waals surface area contributed by atoms with E-state index in [0.717, 1.165) is 25.7 Å². The van der Waals surface area contributed by atoms with Crippen LogP contribution in [0.4, 0.5) is 0 Å². The number of carbonyl (C=O) groups excluding carboxylic acids is 6. The molecular formula is C28H32O10. The van der Waals surface area contributed by atoms with Crippen molar-refractivity contribution >= 4 is 35.8 Å². The fourth-order valence-electron chi connectivity index (χ4n) is 6.33. The molecule has 2 fully saturated rings. The second kappa shape index (κ2) is 11.9. The van der Waals surface area contributed by atoms with Gasteiger partial charge in [0.2, 0.25) is 0 Å². The van der Waals surface area contributed by atoms with Gasteiger partial charge in [-0.2, -0.15) is 0 Å². The lowest BCUT2D eigenvalue weighted by Gasteiger charge is -2.27. The Bertz CT molecular complexity index is 1000. The largest absolute Gasteiger partial charge is 0.462 e. The van der Waals surface area contributed by atoms with Crippen LogP contribution < -0.4 is 0 Å². The first-order chi connectivity index (χ1) is 18.1. The van der Waals surface area contributed by atoms with Gasteiger partial charge in [-0.3, -0.25) is 19.2 Å². The zero-order chi connectivity index (χ0) is 27.4. The third kappa shape index (κ3) is 7.05. The van der Waals surface area contributed by atoms with Crippen LogP contribution in [0.5, 0.6) is 0 Å². The van der Waals surface area contributed by atoms with Gasteiger partial charge >= 0.3 is 35.8 Å². The minimum Gasteiger partial charge on any atom is -0.462 e. The third-order valence-electron chi connectivity index (χ3n) is 7.77. The molecule has 2 saturated carbocycles. The molecule has 0 amide bonds. The fraction of sp³-hybridized carbons (Fsp3) is 0.571. The maximum absolute atomic E-state index is 12.3. The van der Waals surface area contributed by atoms with Crippen molar-refractivity contribution in [1.29, 1.82) is 0 Å². The van der Waals surface area contributed by atoms with Crippen LogP contribution in [0.2, 0.25) is 0 Å². The quantitative estimate of drug-likeness (QED) is 0.137. The standard InChI is InChI=1S/C28H32O10/c1-15(29)35-23(21-11-17-3-5-19(21)9-17)13-27(33)37-25(31)7-8-26(32)38-28(34)14-24(36-16(2)30)22-12-18-4-6-20(22)10-18/h3-8,17-24H,9-14H2,1-2H3. The van der Waals surface area contributed by atoms with E-state index >= 15 is 0 Å². The number of carbonyl (C=O) groups is 6. The summed E-state index contributed by atoms with van der Waals surface area (Å²) in [6, 6.07) is 0. The monoisotopic (exact) mass is 528 g/mol. The Morgan fingerprint density at radius 3 is 1.34 bits per heavy atom. The highest BCUT2D eigenvalue weighted by Crippen LogP contribution is 2.47. The van der Waals surface area contributed by atoms with Gasteiger partial charge in [-0.25, -0.2) is 9.59 Å². The number of fused-ring (bicyclic) bond motifs is 4. The minimum atomic E-state index is -1.12. The van der Waals surface area contributed by atoms with Crippen LogP contribution >= 0.6 is 0 Å². The Balaban J connectivity index is 1.23. The van der Waals surface area contributed by atoms with Gasteiger partial charge in [-0.1, -0.05) is 24.3 Å². The van der Waals surface area contributed by atoms with Gasteiger partial charge < -0.3 is 18.9 Å². The number of hydrogen-bond acceptors (Lipinski definition) is 10. The smallest absolute Gasteiger partial charge is 0.338 e.